The second-order valence-electron chi connectivity index (χ2n) is 29.6. The van der Waals surface area contributed by atoms with Gasteiger partial charge in [0.25, 0.3) is 0 Å². The van der Waals surface area contributed by atoms with Crippen LogP contribution >= 0.6 is 11.3 Å². The first-order valence-corrected chi connectivity index (χ1v) is 36.6. The maximum atomic E-state index is 15.3. The first-order valence-electron chi connectivity index (χ1n) is 35.8. The molecule has 0 saturated heterocycles. The van der Waals surface area contributed by atoms with E-state index in [0.717, 1.165) is 144 Å². The predicted octanol–water partition coefficient (Wildman–Crippen LogP) is 27.5. The van der Waals surface area contributed by atoms with E-state index in [1.165, 1.54) is 22.3 Å². The van der Waals surface area contributed by atoms with E-state index < -0.39 is 10.8 Å². The summed E-state index contributed by atoms with van der Waals surface area (Å²) < 4.78 is 45.7. The van der Waals surface area contributed by atoms with Crippen molar-refractivity contribution in [3.05, 3.63) is 407 Å². The van der Waals surface area contributed by atoms with Crippen LogP contribution in [0.15, 0.2) is 329 Å². The predicted molar refractivity (Wildman–Crippen MR) is 434 cm³/mol. The number of benzene rings is 14. The SMILES string of the molecule is C=Cc1ccc(Oc2ccc(C3(c4ccc(C(C)(C)C)cc4)c4ccccc4-c4ccc(N(c5ccc(F)cc5)c5ccc6c(c5)sc5cc(N(c7ccc(F)cc7)c7ccc8c(c7)C(c7ccc(Oc9ccc(C=C)cc9)cc7)(c7ccc(C(C)(C)C)cc7)c7ccccc7-8)ccc56)cc43)cc2)cc1. The number of hydrogen-bond donors (Lipinski definition) is 0. The molecule has 15 aromatic rings. The molecule has 17 rings (SSSR count). The monoisotopic (exact) mass is 1380 g/mol. The lowest BCUT2D eigenvalue weighted by Crippen LogP contribution is -2.29. The molecule has 7 heteroatoms. The maximum Gasteiger partial charge on any atom is 0.127 e. The van der Waals surface area contributed by atoms with Crippen LogP contribution in [0.2, 0.25) is 0 Å². The third kappa shape index (κ3) is 11.5. The van der Waals surface area contributed by atoms with Crippen LogP contribution < -0.4 is 19.3 Å². The second-order valence-corrected chi connectivity index (χ2v) is 30.7. The second kappa shape index (κ2) is 26.0. The summed E-state index contributed by atoms with van der Waals surface area (Å²) in [5, 5.41) is 2.22. The summed E-state index contributed by atoms with van der Waals surface area (Å²) in [5.74, 6) is 2.32. The van der Waals surface area contributed by atoms with Gasteiger partial charge >= 0.3 is 0 Å². The number of rotatable bonds is 16. The van der Waals surface area contributed by atoms with Crippen molar-refractivity contribution in [3.63, 3.8) is 0 Å². The third-order valence-corrected chi connectivity index (χ3v) is 22.5. The van der Waals surface area contributed by atoms with Crippen molar-refractivity contribution in [2.75, 3.05) is 9.80 Å². The Kier molecular flexibility index (Phi) is 16.3. The summed E-state index contributed by atoms with van der Waals surface area (Å²) in [6.45, 7) is 21.4. The number of halogens is 2. The van der Waals surface area contributed by atoms with E-state index in [4.69, 9.17) is 9.47 Å². The van der Waals surface area contributed by atoms with E-state index in [1.54, 1.807) is 35.6 Å². The van der Waals surface area contributed by atoms with Gasteiger partial charge in [0.15, 0.2) is 0 Å². The average molecular weight is 1380 g/mol. The number of anilines is 6. The van der Waals surface area contributed by atoms with Gasteiger partial charge in [-0.2, -0.15) is 0 Å². The van der Waals surface area contributed by atoms with E-state index in [1.807, 2.05) is 84.9 Å². The zero-order valence-electron chi connectivity index (χ0n) is 59.5. The molecule has 0 N–H and O–H groups in total. The fourth-order valence-electron chi connectivity index (χ4n) is 16.1. The van der Waals surface area contributed by atoms with Gasteiger partial charge in [-0.05, 0) is 245 Å². The Hall–Kier alpha value is -12.2. The first-order chi connectivity index (χ1) is 51.0. The van der Waals surface area contributed by atoms with E-state index >= 15 is 8.78 Å². The molecule has 0 spiro atoms. The van der Waals surface area contributed by atoms with Crippen molar-refractivity contribution in [2.45, 2.75) is 63.2 Å². The molecular formula is C98H76F2N2O2S. The molecule has 2 aliphatic carbocycles. The number of ether oxygens (including phenoxy) is 2. The molecule has 1 aromatic heterocycles. The molecule has 0 aliphatic heterocycles. The highest BCUT2D eigenvalue weighted by molar-refractivity contribution is 7.25. The molecule has 0 bridgehead atoms. The Morgan fingerprint density at radius 2 is 0.610 bits per heavy atom. The Morgan fingerprint density at radius 3 is 0.952 bits per heavy atom. The largest absolute Gasteiger partial charge is 0.457 e. The van der Waals surface area contributed by atoms with Crippen molar-refractivity contribution < 1.29 is 18.3 Å². The Bertz CT molecular complexity index is 5470. The van der Waals surface area contributed by atoms with Crippen LogP contribution in [0, 0.1) is 11.6 Å². The van der Waals surface area contributed by atoms with Crippen LogP contribution in [-0.4, -0.2) is 0 Å². The van der Waals surface area contributed by atoms with Crippen molar-refractivity contribution in [1.82, 2.24) is 0 Å². The molecule has 0 radical (unpaired) electrons. The van der Waals surface area contributed by atoms with Crippen LogP contribution in [0.4, 0.5) is 42.9 Å². The fraction of sp³-hybridized carbons (Fsp3) is 0.102. The molecule has 0 saturated carbocycles. The van der Waals surface area contributed by atoms with Crippen LogP contribution in [0.1, 0.15) is 108 Å². The van der Waals surface area contributed by atoms with Crippen LogP contribution in [0.5, 0.6) is 23.0 Å². The van der Waals surface area contributed by atoms with E-state index in [0.29, 0.717) is 0 Å². The van der Waals surface area contributed by atoms with Gasteiger partial charge in [0, 0.05) is 54.3 Å². The lowest BCUT2D eigenvalue weighted by molar-refractivity contribution is 0.482. The van der Waals surface area contributed by atoms with Gasteiger partial charge in [0.1, 0.15) is 34.6 Å². The third-order valence-electron chi connectivity index (χ3n) is 21.3. The van der Waals surface area contributed by atoms with Crippen molar-refractivity contribution in [2.24, 2.45) is 0 Å². The van der Waals surface area contributed by atoms with E-state index in [9.17, 15) is 0 Å². The Morgan fingerprint density at radius 1 is 0.314 bits per heavy atom. The van der Waals surface area contributed by atoms with E-state index in [-0.39, 0.29) is 22.5 Å². The smallest absolute Gasteiger partial charge is 0.127 e. The molecule has 0 fully saturated rings. The molecule has 105 heavy (non-hydrogen) atoms. The summed E-state index contributed by atoms with van der Waals surface area (Å²) in [6.07, 6.45) is 3.66. The average Bonchev–Trinajstić information content (AvgIpc) is 1.56. The molecule has 2 unspecified atom stereocenters. The topological polar surface area (TPSA) is 24.9 Å². The fourth-order valence-corrected chi connectivity index (χ4v) is 17.3. The van der Waals surface area contributed by atoms with Crippen molar-refractivity contribution in [1.29, 1.82) is 0 Å². The lowest BCUT2D eigenvalue weighted by Gasteiger charge is -2.35. The van der Waals surface area contributed by atoms with Crippen LogP contribution in [0.3, 0.4) is 0 Å². The van der Waals surface area contributed by atoms with Gasteiger partial charge in [-0.3, -0.25) is 0 Å². The Balaban J connectivity index is 0.790. The van der Waals surface area contributed by atoms with Gasteiger partial charge in [-0.1, -0.05) is 237 Å². The zero-order valence-corrected chi connectivity index (χ0v) is 60.3. The van der Waals surface area contributed by atoms with Crippen molar-refractivity contribution in [3.8, 4) is 45.3 Å². The molecule has 510 valence electrons. The minimum absolute atomic E-state index is 0.0652. The van der Waals surface area contributed by atoms with Gasteiger partial charge in [0.05, 0.1) is 10.8 Å². The highest BCUT2D eigenvalue weighted by Crippen LogP contribution is 2.60. The maximum absolute atomic E-state index is 15.3. The van der Waals surface area contributed by atoms with Gasteiger partial charge in [-0.15, -0.1) is 11.3 Å². The first kappa shape index (κ1) is 66.1. The van der Waals surface area contributed by atoms with Crippen LogP contribution in [-0.2, 0) is 21.7 Å². The molecule has 2 aliphatic rings. The Labute approximate surface area is 617 Å². The van der Waals surface area contributed by atoms with E-state index in [2.05, 4.69) is 283 Å². The molecule has 4 nitrogen and oxygen atoms in total. The van der Waals surface area contributed by atoms with Gasteiger partial charge in [0.2, 0.25) is 0 Å². The van der Waals surface area contributed by atoms with Crippen LogP contribution in [0.25, 0.3) is 54.6 Å². The van der Waals surface area contributed by atoms with Crippen molar-refractivity contribution >= 4 is 77.8 Å². The zero-order chi connectivity index (χ0) is 71.9. The minimum Gasteiger partial charge on any atom is -0.457 e. The minimum atomic E-state index is -0.763. The lowest BCUT2D eigenvalue weighted by atomic mass is 9.67. The summed E-state index contributed by atoms with van der Waals surface area (Å²) in [5.41, 5.74) is 21.9. The summed E-state index contributed by atoms with van der Waals surface area (Å²) in [4.78, 5) is 4.51. The number of hydrogen-bond acceptors (Lipinski definition) is 5. The molecule has 14 aromatic carbocycles. The summed E-state index contributed by atoms with van der Waals surface area (Å²) in [6, 6.07) is 110. The highest BCUT2D eigenvalue weighted by Gasteiger charge is 2.48. The van der Waals surface area contributed by atoms with Gasteiger partial charge in [-0.25, -0.2) is 8.78 Å². The number of fused-ring (bicyclic) bond motifs is 9. The highest BCUT2D eigenvalue weighted by atomic mass is 32.1. The quantitative estimate of drug-likeness (QED) is 0.0963. The summed E-state index contributed by atoms with van der Waals surface area (Å²) >= 11 is 1.73. The number of nitrogens with zero attached hydrogens (tertiary/aromatic N) is 2. The summed E-state index contributed by atoms with van der Waals surface area (Å²) in [7, 11) is 0. The van der Waals surface area contributed by atoms with Gasteiger partial charge < -0.3 is 19.3 Å². The molecule has 0 amide bonds. The molecule has 2 atom stereocenters. The molecular weight excluding hydrogens is 1310 g/mol. The normalized spacial score (nSPS) is 15.0. The standard InChI is InChI=1S/C98H76F2N2O2S/c1-9-63-19-47-79(48-20-63)103-81-51-31-69(32-52-81)97(67-27-23-65(24-28-67)95(3,4)5)89-17-13-11-15-83(89)85-55-43-75(59-91(85)97)101(73-39-35-71(99)36-40-73)77-45-57-87-88-58-46-78(62-94(88)105-93(87)61-77)102(74-41-37-72(100)38-42-74)76-44-56-86-84-16-12-14-18-90(84)98(92(86)60-76,68-29-25-66(26-30-68)96(6,7)8)70-33-53-82(54-34-70)104-80-49-21-64(10-2)22-50-80/h9-62H,1-2H2,3-8H3. The number of thiophene rings is 1. The molecule has 1 heterocycles.